The van der Waals surface area contributed by atoms with Crippen LogP contribution in [0.5, 0.6) is 0 Å². The van der Waals surface area contributed by atoms with Crippen LogP contribution in [-0.2, 0) is 10.0 Å². The Balaban J connectivity index is 1.67. The van der Waals surface area contributed by atoms with Crippen molar-refractivity contribution in [2.45, 2.75) is 43.8 Å². The number of amides is 1. The molecular formula is C13H18N2O4S. The predicted octanol–water partition coefficient (Wildman–Crippen LogP) is 0.964. The lowest BCUT2D eigenvalue weighted by atomic mass is 9.99. The van der Waals surface area contributed by atoms with Gasteiger partial charge in [0.15, 0.2) is 0 Å². The summed E-state index contributed by atoms with van der Waals surface area (Å²) in [5.74, 6) is -0.157. The van der Waals surface area contributed by atoms with E-state index in [1.54, 1.807) is 10.4 Å². The van der Waals surface area contributed by atoms with E-state index < -0.39 is 10.0 Å². The van der Waals surface area contributed by atoms with Crippen molar-refractivity contribution in [2.24, 2.45) is 0 Å². The molecule has 1 amide bonds. The molecule has 0 saturated carbocycles. The predicted molar refractivity (Wildman–Crippen MR) is 72.7 cm³/mol. The van der Waals surface area contributed by atoms with E-state index >= 15 is 0 Å². The number of hydrogen-bond acceptors (Lipinski definition) is 4. The van der Waals surface area contributed by atoms with Gasteiger partial charge >= 0.3 is 0 Å². The van der Waals surface area contributed by atoms with Gasteiger partial charge < -0.3 is 9.73 Å². The van der Waals surface area contributed by atoms with Crippen LogP contribution in [-0.4, -0.2) is 43.0 Å². The highest BCUT2D eigenvalue weighted by molar-refractivity contribution is 7.88. The first kappa shape index (κ1) is 13.6. The normalized spacial score (nSPS) is 30.4. The molecule has 2 bridgehead atoms. The van der Waals surface area contributed by atoms with E-state index in [0.717, 1.165) is 12.8 Å². The molecule has 2 atom stereocenters. The van der Waals surface area contributed by atoms with Crippen LogP contribution in [0.3, 0.4) is 0 Å². The summed E-state index contributed by atoms with van der Waals surface area (Å²) in [5, 5.41) is 2.97. The maximum atomic E-state index is 12.0. The lowest BCUT2D eigenvalue weighted by Crippen LogP contribution is -2.52. The molecule has 2 unspecified atom stereocenters. The average Bonchev–Trinajstić information content (AvgIpc) is 2.96. The highest BCUT2D eigenvalue weighted by Crippen LogP contribution is 2.37. The van der Waals surface area contributed by atoms with E-state index in [0.29, 0.717) is 18.4 Å². The molecule has 2 aliphatic heterocycles. The summed E-state index contributed by atoms with van der Waals surface area (Å²) in [6.45, 7) is 0. The van der Waals surface area contributed by atoms with E-state index in [-0.39, 0.29) is 24.0 Å². The van der Waals surface area contributed by atoms with Crippen LogP contribution in [0.15, 0.2) is 23.0 Å². The minimum atomic E-state index is -3.15. The molecule has 0 aliphatic carbocycles. The molecule has 0 radical (unpaired) electrons. The number of sulfonamides is 1. The molecule has 1 aromatic rings. The van der Waals surface area contributed by atoms with Crippen molar-refractivity contribution in [1.29, 1.82) is 0 Å². The number of hydrogen-bond donors (Lipinski definition) is 1. The number of piperidine rings is 1. The van der Waals surface area contributed by atoms with Crippen molar-refractivity contribution < 1.29 is 17.6 Å². The molecule has 3 rings (SSSR count). The molecule has 20 heavy (non-hydrogen) atoms. The van der Waals surface area contributed by atoms with E-state index in [1.807, 2.05) is 0 Å². The molecule has 1 aromatic heterocycles. The fourth-order valence-corrected chi connectivity index (χ4v) is 4.92. The zero-order chi connectivity index (χ0) is 14.3. The zero-order valence-corrected chi connectivity index (χ0v) is 12.1. The van der Waals surface area contributed by atoms with E-state index in [9.17, 15) is 13.2 Å². The Labute approximate surface area is 118 Å². The van der Waals surface area contributed by atoms with Gasteiger partial charge in [-0.1, -0.05) is 0 Å². The third-order valence-corrected chi connectivity index (χ3v) is 5.53. The van der Waals surface area contributed by atoms with Crippen molar-refractivity contribution in [3.05, 3.63) is 24.2 Å². The second-order valence-electron chi connectivity index (χ2n) is 5.63. The first-order valence-electron chi connectivity index (χ1n) is 6.76. The van der Waals surface area contributed by atoms with Gasteiger partial charge in [-0.2, -0.15) is 4.31 Å². The van der Waals surface area contributed by atoms with Crippen LogP contribution in [0, 0.1) is 0 Å². The Morgan fingerprint density at radius 3 is 2.50 bits per heavy atom. The molecule has 1 N–H and O–H groups in total. The molecule has 7 heteroatoms. The summed E-state index contributed by atoms with van der Waals surface area (Å²) < 4.78 is 30.1. The highest BCUT2D eigenvalue weighted by Gasteiger charge is 2.45. The van der Waals surface area contributed by atoms with Crippen LogP contribution < -0.4 is 5.32 Å². The molecule has 2 fully saturated rings. The molecule has 2 saturated heterocycles. The summed E-state index contributed by atoms with van der Waals surface area (Å²) >= 11 is 0. The van der Waals surface area contributed by atoms with Crippen LogP contribution in [0.1, 0.15) is 36.0 Å². The first-order chi connectivity index (χ1) is 9.45. The summed E-state index contributed by atoms with van der Waals surface area (Å²) in [5.41, 5.74) is 0.503. The second kappa shape index (κ2) is 4.89. The van der Waals surface area contributed by atoms with Crippen molar-refractivity contribution in [3.63, 3.8) is 0 Å². The zero-order valence-electron chi connectivity index (χ0n) is 11.3. The topological polar surface area (TPSA) is 79.6 Å². The number of carbonyl (C=O) groups excluding carboxylic acids is 1. The summed E-state index contributed by atoms with van der Waals surface area (Å²) in [6, 6.07) is 1.71. The summed E-state index contributed by atoms with van der Waals surface area (Å²) in [4.78, 5) is 12.0. The molecule has 3 heterocycles. The van der Waals surface area contributed by atoms with Crippen molar-refractivity contribution >= 4 is 15.9 Å². The smallest absolute Gasteiger partial charge is 0.254 e. The number of fused-ring (bicyclic) bond motifs is 2. The van der Waals surface area contributed by atoms with E-state index in [1.165, 1.54) is 18.8 Å². The molecule has 2 aliphatic rings. The van der Waals surface area contributed by atoms with E-state index in [4.69, 9.17) is 4.42 Å². The number of carbonyl (C=O) groups is 1. The Morgan fingerprint density at radius 2 is 2.00 bits per heavy atom. The van der Waals surface area contributed by atoms with Gasteiger partial charge in [-0.3, -0.25) is 4.79 Å². The van der Waals surface area contributed by atoms with Gasteiger partial charge in [0, 0.05) is 18.1 Å². The third kappa shape index (κ3) is 2.47. The number of nitrogens with one attached hydrogen (secondary N) is 1. The molecule has 0 aromatic carbocycles. The lowest BCUT2D eigenvalue weighted by molar-refractivity contribution is 0.0909. The van der Waals surface area contributed by atoms with Gasteiger partial charge in [0.1, 0.15) is 6.26 Å². The summed E-state index contributed by atoms with van der Waals surface area (Å²) in [6.07, 6.45) is 7.29. The molecule has 6 nitrogen and oxygen atoms in total. The largest absolute Gasteiger partial charge is 0.472 e. The number of rotatable bonds is 3. The van der Waals surface area contributed by atoms with Gasteiger partial charge in [0.2, 0.25) is 10.0 Å². The molecule has 110 valence electrons. The van der Waals surface area contributed by atoms with Crippen molar-refractivity contribution in [2.75, 3.05) is 6.26 Å². The number of furan rings is 1. The monoisotopic (exact) mass is 298 g/mol. The maximum Gasteiger partial charge on any atom is 0.254 e. The Bertz CT molecular complexity index is 582. The fourth-order valence-electron chi connectivity index (χ4n) is 3.46. The Morgan fingerprint density at radius 1 is 1.35 bits per heavy atom. The fraction of sp³-hybridized carbons (Fsp3) is 0.615. The third-order valence-electron chi connectivity index (χ3n) is 4.17. The Hall–Kier alpha value is -1.34. The SMILES string of the molecule is CS(=O)(=O)N1C2CCC1CC(NC(=O)c1ccoc1)C2. The van der Waals surface area contributed by atoms with Gasteiger partial charge in [-0.25, -0.2) is 8.42 Å². The van der Waals surface area contributed by atoms with Gasteiger partial charge in [0.05, 0.1) is 18.1 Å². The first-order valence-corrected chi connectivity index (χ1v) is 8.61. The second-order valence-corrected chi connectivity index (χ2v) is 7.52. The van der Waals surface area contributed by atoms with Crippen molar-refractivity contribution in [1.82, 2.24) is 9.62 Å². The van der Waals surface area contributed by atoms with Gasteiger partial charge in [-0.05, 0) is 31.7 Å². The molecule has 0 spiro atoms. The van der Waals surface area contributed by atoms with Gasteiger partial charge in [0.25, 0.3) is 5.91 Å². The standard InChI is InChI=1S/C13H18N2O4S/c1-20(17,18)15-11-2-3-12(15)7-10(6-11)14-13(16)9-4-5-19-8-9/h4-5,8,10-12H,2-3,6-7H2,1H3,(H,14,16). The Kier molecular flexibility index (Phi) is 3.33. The minimum Gasteiger partial charge on any atom is -0.472 e. The lowest BCUT2D eigenvalue weighted by Gasteiger charge is -2.37. The quantitative estimate of drug-likeness (QED) is 0.901. The molecular weight excluding hydrogens is 280 g/mol. The maximum absolute atomic E-state index is 12.0. The van der Waals surface area contributed by atoms with Crippen molar-refractivity contribution in [3.8, 4) is 0 Å². The number of nitrogens with zero attached hydrogens (tertiary/aromatic N) is 1. The van der Waals surface area contributed by atoms with Crippen LogP contribution in [0.4, 0.5) is 0 Å². The highest BCUT2D eigenvalue weighted by atomic mass is 32.2. The minimum absolute atomic E-state index is 0.0263. The van der Waals surface area contributed by atoms with Crippen LogP contribution in [0.2, 0.25) is 0 Å². The average molecular weight is 298 g/mol. The van der Waals surface area contributed by atoms with E-state index in [2.05, 4.69) is 5.32 Å². The van der Waals surface area contributed by atoms with Gasteiger partial charge in [-0.15, -0.1) is 0 Å². The summed E-state index contributed by atoms with van der Waals surface area (Å²) in [7, 11) is -3.15. The van der Waals surface area contributed by atoms with Crippen LogP contribution in [0.25, 0.3) is 0 Å². The van der Waals surface area contributed by atoms with Crippen LogP contribution >= 0.6 is 0 Å².